The van der Waals surface area contributed by atoms with Crippen LogP contribution in [0.2, 0.25) is 10.0 Å². The number of amides is 2. The molecule has 160 valence electrons. The molecule has 1 heterocycles. The van der Waals surface area contributed by atoms with E-state index in [-0.39, 0.29) is 17.8 Å². The number of anilines is 1. The van der Waals surface area contributed by atoms with Gasteiger partial charge in [0.25, 0.3) is 11.8 Å². The number of nitrogens with one attached hydrogen (secondary N) is 2. The normalized spacial score (nSPS) is 10.5. The largest absolute Gasteiger partial charge is 0.468 e. The number of halogens is 2. The number of methoxy groups -OCH3 is 1. The van der Waals surface area contributed by atoms with Gasteiger partial charge >= 0.3 is 5.97 Å². The smallest absolute Gasteiger partial charge is 0.325 e. The van der Waals surface area contributed by atoms with Crippen molar-refractivity contribution in [3.8, 4) is 11.3 Å². The lowest BCUT2D eigenvalue weighted by Crippen LogP contribution is -2.30. The van der Waals surface area contributed by atoms with Crippen LogP contribution in [0, 0.1) is 6.92 Å². The molecule has 0 radical (unpaired) electrons. The van der Waals surface area contributed by atoms with E-state index in [2.05, 4.69) is 20.5 Å². The highest BCUT2D eigenvalue weighted by atomic mass is 35.5. The molecule has 0 aliphatic rings. The third-order valence-corrected chi connectivity index (χ3v) is 4.95. The Morgan fingerprint density at radius 3 is 2.29 bits per heavy atom. The molecule has 0 unspecified atom stereocenters. The summed E-state index contributed by atoms with van der Waals surface area (Å²) >= 11 is 12.5. The van der Waals surface area contributed by atoms with Gasteiger partial charge in [0.05, 0.1) is 17.2 Å². The summed E-state index contributed by atoms with van der Waals surface area (Å²) in [5.74, 6) is -1.19. The Balaban J connectivity index is 1.78. The third kappa shape index (κ3) is 5.04. The molecule has 3 rings (SSSR count). The Morgan fingerprint density at radius 1 is 1.03 bits per heavy atom. The molecule has 0 spiro atoms. The van der Waals surface area contributed by atoms with Gasteiger partial charge in [0.15, 0.2) is 0 Å². The van der Waals surface area contributed by atoms with E-state index in [0.717, 1.165) is 0 Å². The highest BCUT2D eigenvalue weighted by molar-refractivity contribution is 6.39. The maximum Gasteiger partial charge on any atom is 0.325 e. The Hall–Kier alpha value is -3.36. The molecule has 3 aromatic rings. The first kappa shape index (κ1) is 22.3. The predicted octanol–water partition coefficient (Wildman–Crippen LogP) is 4.11. The van der Waals surface area contributed by atoms with Gasteiger partial charge in [-0.05, 0) is 43.3 Å². The van der Waals surface area contributed by atoms with Gasteiger partial charge in [-0.25, -0.2) is 0 Å². The number of carbonyl (C=O) groups is 3. The van der Waals surface area contributed by atoms with E-state index in [1.165, 1.54) is 19.2 Å². The van der Waals surface area contributed by atoms with Gasteiger partial charge in [-0.3, -0.25) is 14.4 Å². The van der Waals surface area contributed by atoms with Crippen molar-refractivity contribution in [2.24, 2.45) is 0 Å². The van der Waals surface area contributed by atoms with Crippen LogP contribution < -0.4 is 10.6 Å². The second kappa shape index (κ2) is 9.63. The third-order valence-electron chi connectivity index (χ3n) is 4.32. The van der Waals surface area contributed by atoms with Gasteiger partial charge in [-0.2, -0.15) is 0 Å². The zero-order valence-corrected chi connectivity index (χ0v) is 18.0. The van der Waals surface area contributed by atoms with Crippen molar-refractivity contribution in [1.29, 1.82) is 0 Å². The Kier molecular flexibility index (Phi) is 6.94. The fourth-order valence-electron chi connectivity index (χ4n) is 2.76. The quantitative estimate of drug-likeness (QED) is 0.534. The van der Waals surface area contributed by atoms with Crippen LogP contribution in [0.4, 0.5) is 5.69 Å². The molecule has 0 saturated heterocycles. The lowest BCUT2D eigenvalue weighted by atomic mass is 10.1. The van der Waals surface area contributed by atoms with E-state index in [4.69, 9.17) is 27.7 Å². The highest BCUT2D eigenvalue weighted by Gasteiger charge is 2.25. The second-order valence-electron chi connectivity index (χ2n) is 6.35. The number of aryl methyl sites for hydroxylation is 1. The van der Waals surface area contributed by atoms with Crippen LogP contribution in [0.25, 0.3) is 11.3 Å². The summed E-state index contributed by atoms with van der Waals surface area (Å²) in [7, 11) is 1.23. The Morgan fingerprint density at radius 2 is 1.68 bits per heavy atom. The van der Waals surface area contributed by atoms with Crippen LogP contribution >= 0.6 is 23.2 Å². The lowest BCUT2D eigenvalue weighted by Gasteiger charge is -2.09. The zero-order valence-electron chi connectivity index (χ0n) is 16.5. The summed E-state index contributed by atoms with van der Waals surface area (Å²) in [5.41, 5.74) is 1.56. The molecular weight excluding hydrogens is 445 g/mol. The summed E-state index contributed by atoms with van der Waals surface area (Å²) in [5, 5.41) is 9.77. The number of rotatable bonds is 6. The SMILES string of the molecule is COC(=O)CNC(=O)c1ccc(NC(=O)c2c(-c3c(Cl)cccc3Cl)noc2C)cc1. The topological polar surface area (TPSA) is 111 Å². The fraction of sp³-hybridized carbons (Fsp3) is 0.143. The van der Waals surface area contributed by atoms with Crippen molar-refractivity contribution in [2.45, 2.75) is 6.92 Å². The molecular formula is C21H17Cl2N3O5. The number of benzene rings is 2. The van der Waals surface area contributed by atoms with Crippen molar-refractivity contribution in [1.82, 2.24) is 10.5 Å². The van der Waals surface area contributed by atoms with E-state index in [9.17, 15) is 14.4 Å². The molecule has 2 amide bonds. The monoisotopic (exact) mass is 461 g/mol. The van der Waals surface area contributed by atoms with Crippen molar-refractivity contribution in [2.75, 3.05) is 19.0 Å². The summed E-state index contributed by atoms with van der Waals surface area (Å²) in [4.78, 5) is 36.1. The number of aromatic nitrogens is 1. The van der Waals surface area contributed by atoms with Gasteiger partial charge in [-0.1, -0.05) is 34.4 Å². The van der Waals surface area contributed by atoms with Crippen LogP contribution in [-0.4, -0.2) is 36.6 Å². The second-order valence-corrected chi connectivity index (χ2v) is 7.16. The van der Waals surface area contributed by atoms with Crippen LogP contribution in [-0.2, 0) is 9.53 Å². The molecule has 0 atom stereocenters. The van der Waals surface area contributed by atoms with Gasteiger partial charge in [0.2, 0.25) is 0 Å². The Bertz CT molecular complexity index is 1120. The molecule has 1 aromatic heterocycles. The summed E-state index contributed by atoms with van der Waals surface area (Å²) in [6.45, 7) is 1.36. The number of nitrogens with zero attached hydrogens (tertiary/aromatic N) is 1. The van der Waals surface area contributed by atoms with E-state index < -0.39 is 17.8 Å². The molecule has 8 nitrogen and oxygen atoms in total. The zero-order chi connectivity index (χ0) is 22.5. The van der Waals surface area contributed by atoms with Crippen LogP contribution in [0.1, 0.15) is 26.5 Å². The van der Waals surface area contributed by atoms with Crippen molar-refractivity contribution >= 4 is 46.7 Å². The number of hydrogen-bond donors (Lipinski definition) is 2. The summed E-state index contributed by atoms with van der Waals surface area (Å²) in [6, 6.07) is 11.1. The highest BCUT2D eigenvalue weighted by Crippen LogP contribution is 2.36. The average molecular weight is 462 g/mol. The minimum Gasteiger partial charge on any atom is -0.468 e. The van der Waals surface area contributed by atoms with Gasteiger partial charge in [-0.15, -0.1) is 0 Å². The molecule has 0 bridgehead atoms. The Labute approximate surface area is 187 Å². The molecule has 10 heteroatoms. The van der Waals surface area contributed by atoms with Crippen molar-refractivity contribution in [3.63, 3.8) is 0 Å². The molecule has 2 N–H and O–H groups in total. The van der Waals surface area contributed by atoms with E-state index in [0.29, 0.717) is 32.6 Å². The summed E-state index contributed by atoms with van der Waals surface area (Å²) in [6.07, 6.45) is 0. The molecule has 0 saturated carbocycles. The fourth-order valence-corrected chi connectivity index (χ4v) is 3.34. The minimum atomic E-state index is -0.559. The maximum atomic E-state index is 12.9. The van der Waals surface area contributed by atoms with E-state index in [1.54, 1.807) is 37.3 Å². The maximum absolute atomic E-state index is 12.9. The minimum absolute atomic E-state index is 0.190. The number of esters is 1. The molecule has 2 aromatic carbocycles. The van der Waals surface area contributed by atoms with Crippen LogP contribution in [0.5, 0.6) is 0 Å². The number of hydrogen-bond acceptors (Lipinski definition) is 6. The molecule has 0 aliphatic carbocycles. The molecule has 0 fully saturated rings. The van der Waals surface area contributed by atoms with E-state index in [1.807, 2.05) is 0 Å². The van der Waals surface area contributed by atoms with Gasteiger partial charge < -0.3 is 19.9 Å². The van der Waals surface area contributed by atoms with Gasteiger partial charge in [0.1, 0.15) is 23.6 Å². The first-order valence-corrected chi connectivity index (χ1v) is 9.74. The average Bonchev–Trinajstić information content (AvgIpc) is 3.13. The number of ether oxygens (including phenoxy) is 1. The first-order chi connectivity index (χ1) is 14.8. The van der Waals surface area contributed by atoms with E-state index >= 15 is 0 Å². The van der Waals surface area contributed by atoms with Crippen molar-refractivity contribution < 1.29 is 23.6 Å². The van der Waals surface area contributed by atoms with Gasteiger partial charge in [0, 0.05) is 16.8 Å². The van der Waals surface area contributed by atoms with Crippen LogP contribution in [0.15, 0.2) is 47.0 Å². The summed E-state index contributed by atoms with van der Waals surface area (Å²) < 4.78 is 9.68. The van der Waals surface area contributed by atoms with Crippen molar-refractivity contribution in [3.05, 3.63) is 69.4 Å². The molecule has 31 heavy (non-hydrogen) atoms. The molecule has 0 aliphatic heterocycles. The predicted molar refractivity (Wildman–Crippen MR) is 115 cm³/mol. The first-order valence-electron chi connectivity index (χ1n) is 8.99. The van der Waals surface area contributed by atoms with Crippen LogP contribution in [0.3, 0.4) is 0 Å². The lowest BCUT2D eigenvalue weighted by molar-refractivity contribution is -0.139. The number of carbonyl (C=O) groups excluding carboxylic acids is 3. The standard InChI is InChI=1S/C21H17Cl2N3O5/c1-11-17(19(26-31-11)18-14(22)4-3-5-15(18)23)21(29)25-13-8-6-12(7-9-13)20(28)24-10-16(27)30-2/h3-9H,10H2,1-2H3,(H,24,28)(H,25,29).